The van der Waals surface area contributed by atoms with E-state index in [2.05, 4.69) is 10.5 Å². The molecule has 22 heavy (non-hydrogen) atoms. The van der Waals surface area contributed by atoms with Crippen LogP contribution in [0.2, 0.25) is 0 Å². The van der Waals surface area contributed by atoms with Crippen molar-refractivity contribution in [2.75, 3.05) is 5.43 Å². The average molecular weight is 288 g/mol. The molecule has 0 heterocycles. The van der Waals surface area contributed by atoms with Gasteiger partial charge in [-0.25, -0.2) is 0 Å². The first kappa shape index (κ1) is 13.9. The monoisotopic (exact) mass is 288 g/mol. The number of phenols is 1. The zero-order chi connectivity index (χ0) is 15.2. The largest absolute Gasteiger partial charge is 0.508 e. The second kappa shape index (κ2) is 6.59. The lowest BCUT2D eigenvalue weighted by Crippen LogP contribution is -1.90. The zero-order valence-corrected chi connectivity index (χ0v) is 12.0. The molecule has 0 atom stereocenters. The fourth-order valence-electron chi connectivity index (χ4n) is 2.18. The van der Waals surface area contributed by atoms with Crippen molar-refractivity contribution in [3.05, 3.63) is 84.4 Å². The lowest BCUT2D eigenvalue weighted by Gasteiger charge is -2.04. The van der Waals surface area contributed by atoms with Crippen LogP contribution in [0.5, 0.6) is 5.75 Å². The van der Waals surface area contributed by atoms with E-state index in [4.69, 9.17) is 0 Å². The molecule has 0 fully saturated rings. The number of benzene rings is 3. The van der Waals surface area contributed by atoms with E-state index in [9.17, 15) is 5.11 Å². The van der Waals surface area contributed by atoms with Crippen molar-refractivity contribution in [2.45, 2.75) is 0 Å². The van der Waals surface area contributed by atoms with Gasteiger partial charge in [-0.1, -0.05) is 48.5 Å². The van der Waals surface area contributed by atoms with Gasteiger partial charge in [-0.2, -0.15) is 5.10 Å². The summed E-state index contributed by atoms with van der Waals surface area (Å²) < 4.78 is 0. The maximum Gasteiger partial charge on any atom is 0.116 e. The molecule has 0 unspecified atom stereocenters. The Balaban J connectivity index is 1.77. The summed E-state index contributed by atoms with van der Waals surface area (Å²) in [6.07, 6.45) is 1.78. The highest BCUT2D eigenvalue weighted by molar-refractivity contribution is 5.83. The molecule has 0 saturated heterocycles. The second-order valence-corrected chi connectivity index (χ2v) is 4.91. The van der Waals surface area contributed by atoms with Crippen molar-refractivity contribution < 1.29 is 5.11 Å². The Morgan fingerprint density at radius 3 is 2.27 bits per heavy atom. The van der Waals surface area contributed by atoms with Crippen molar-refractivity contribution in [3.63, 3.8) is 0 Å². The zero-order valence-electron chi connectivity index (χ0n) is 12.0. The Bertz CT molecular complexity index is 782. The molecule has 0 aliphatic heterocycles. The number of hydrogen-bond donors (Lipinski definition) is 2. The van der Waals surface area contributed by atoms with E-state index in [-0.39, 0.29) is 5.75 Å². The topological polar surface area (TPSA) is 44.6 Å². The molecule has 3 rings (SSSR count). The molecular formula is C19H16N2O. The number of hydrogen-bond acceptors (Lipinski definition) is 3. The highest BCUT2D eigenvalue weighted by Crippen LogP contribution is 2.23. The van der Waals surface area contributed by atoms with Crippen molar-refractivity contribution in [1.82, 2.24) is 0 Å². The van der Waals surface area contributed by atoms with Gasteiger partial charge >= 0.3 is 0 Å². The van der Waals surface area contributed by atoms with Crippen LogP contribution in [0.3, 0.4) is 0 Å². The molecule has 3 nitrogen and oxygen atoms in total. The summed E-state index contributed by atoms with van der Waals surface area (Å²) >= 11 is 0. The SMILES string of the molecule is Oc1cccc(-c2cccc(C=NNc3ccccc3)c2)c1. The van der Waals surface area contributed by atoms with Gasteiger partial charge in [0.2, 0.25) is 0 Å². The normalized spacial score (nSPS) is 10.7. The molecule has 2 N–H and O–H groups in total. The highest BCUT2D eigenvalue weighted by Gasteiger charge is 1.99. The highest BCUT2D eigenvalue weighted by atomic mass is 16.3. The predicted octanol–water partition coefficient (Wildman–Crippen LogP) is 4.51. The number of para-hydroxylation sites is 1. The van der Waals surface area contributed by atoms with Crippen molar-refractivity contribution in [3.8, 4) is 16.9 Å². The van der Waals surface area contributed by atoms with Gasteiger partial charge in [-0.15, -0.1) is 0 Å². The smallest absolute Gasteiger partial charge is 0.116 e. The Morgan fingerprint density at radius 2 is 1.50 bits per heavy atom. The Labute approximate surface area is 129 Å². The maximum absolute atomic E-state index is 9.57. The lowest BCUT2D eigenvalue weighted by molar-refractivity contribution is 0.475. The molecule has 0 amide bonds. The van der Waals surface area contributed by atoms with E-state index >= 15 is 0 Å². The van der Waals surface area contributed by atoms with Gasteiger partial charge in [0.1, 0.15) is 5.75 Å². The number of nitrogens with one attached hydrogen (secondary N) is 1. The van der Waals surface area contributed by atoms with E-state index in [0.29, 0.717) is 0 Å². The molecule has 0 spiro atoms. The van der Waals surface area contributed by atoms with Gasteiger partial charge in [0.05, 0.1) is 11.9 Å². The van der Waals surface area contributed by atoms with Gasteiger partial charge in [0.25, 0.3) is 0 Å². The number of phenolic OH excluding ortho intramolecular Hbond substituents is 1. The van der Waals surface area contributed by atoms with Crippen LogP contribution in [-0.2, 0) is 0 Å². The lowest BCUT2D eigenvalue weighted by atomic mass is 10.0. The van der Waals surface area contributed by atoms with E-state index < -0.39 is 0 Å². The first-order valence-corrected chi connectivity index (χ1v) is 7.05. The molecule has 3 aromatic rings. The van der Waals surface area contributed by atoms with Crippen LogP contribution < -0.4 is 5.43 Å². The maximum atomic E-state index is 9.57. The number of rotatable bonds is 4. The molecule has 0 bridgehead atoms. The van der Waals surface area contributed by atoms with Crippen LogP contribution in [0.25, 0.3) is 11.1 Å². The first-order valence-electron chi connectivity index (χ1n) is 7.05. The van der Waals surface area contributed by atoms with Crippen molar-refractivity contribution in [2.24, 2.45) is 5.10 Å². The molecule has 0 aliphatic carbocycles. The predicted molar refractivity (Wildman–Crippen MR) is 91.2 cm³/mol. The summed E-state index contributed by atoms with van der Waals surface area (Å²) in [6, 6.07) is 25.0. The third kappa shape index (κ3) is 3.52. The van der Waals surface area contributed by atoms with Gasteiger partial charge in [0, 0.05) is 0 Å². The first-order chi connectivity index (χ1) is 10.8. The van der Waals surface area contributed by atoms with E-state index in [1.807, 2.05) is 66.7 Å². The van der Waals surface area contributed by atoms with Crippen LogP contribution in [0.15, 0.2) is 84.0 Å². The van der Waals surface area contributed by atoms with Gasteiger partial charge in [-0.05, 0) is 47.0 Å². The molecule has 3 aromatic carbocycles. The number of anilines is 1. The third-order valence-corrected chi connectivity index (χ3v) is 3.25. The summed E-state index contributed by atoms with van der Waals surface area (Å²) in [4.78, 5) is 0. The van der Waals surface area contributed by atoms with Crippen LogP contribution in [0.1, 0.15) is 5.56 Å². The minimum atomic E-state index is 0.266. The van der Waals surface area contributed by atoms with Crippen molar-refractivity contribution in [1.29, 1.82) is 0 Å². The molecular weight excluding hydrogens is 272 g/mol. The fourth-order valence-corrected chi connectivity index (χ4v) is 2.18. The summed E-state index contributed by atoms with van der Waals surface area (Å²) in [6.45, 7) is 0. The number of nitrogens with zero attached hydrogens (tertiary/aromatic N) is 1. The van der Waals surface area contributed by atoms with Crippen LogP contribution in [-0.4, -0.2) is 11.3 Å². The van der Waals surface area contributed by atoms with Crippen LogP contribution >= 0.6 is 0 Å². The van der Waals surface area contributed by atoms with Crippen LogP contribution in [0.4, 0.5) is 5.69 Å². The third-order valence-electron chi connectivity index (χ3n) is 3.25. The minimum Gasteiger partial charge on any atom is -0.508 e. The summed E-state index contributed by atoms with van der Waals surface area (Å²) in [5.41, 5.74) is 6.95. The average Bonchev–Trinajstić information content (AvgIpc) is 2.56. The number of hydrazone groups is 1. The van der Waals surface area contributed by atoms with Gasteiger partial charge in [0.15, 0.2) is 0 Å². The van der Waals surface area contributed by atoms with E-state index in [0.717, 1.165) is 22.4 Å². The van der Waals surface area contributed by atoms with E-state index in [1.54, 1.807) is 18.3 Å². The summed E-state index contributed by atoms with van der Waals surface area (Å²) in [7, 11) is 0. The minimum absolute atomic E-state index is 0.266. The van der Waals surface area contributed by atoms with Gasteiger partial charge < -0.3 is 5.11 Å². The standard InChI is InChI=1S/C19H16N2O/c22-19-11-5-8-17(13-19)16-7-4-6-15(12-16)14-20-21-18-9-2-1-3-10-18/h1-14,21-22H. The van der Waals surface area contributed by atoms with Crippen LogP contribution in [0, 0.1) is 0 Å². The Hall–Kier alpha value is -3.07. The molecule has 0 aromatic heterocycles. The van der Waals surface area contributed by atoms with Crippen molar-refractivity contribution >= 4 is 11.9 Å². The molecule has 3 heteroatoms. The van der Waals surface area contributed by atoms with Gasteiger partial charge in [-0.3, -0.25) is 5.43 Å². The Kier molecular flexibility index (Phi) is 4.16. The fraction of sp³-hybridized carbons (Fsp3) is 0. The molecule has 108 valence electrons. The molecule has 0 saturated carbocycles. The second-order valence-electron chi connectivity index (χ2n) is 4.91. The summed E-state index contributed by atoms with van der Waals surface area (Å²) in [5, 5.41) is 13.8. The molecule has 0 aliphatic rings. The van der Waals surface area contributed by atoms with E-state index in [1.165, 1.54) is 0 Å². The molecule has 0 radical (unpaired) electrons. The summed E-state index contributed by atoms with van der Waals surface area (Å²) in [5.74, 6) is 0.266. The quantitative estimate of drug-likeness (QED) is 0.548. The Morgan fingerprint density at radius 1 is 0.773 bits per heavy atom. The number of aromatic hydroxyl groups is 1.